The van der Waals surface area contributed by atoms with Crippen molar-refractivity contribution < 1.29 is 14.3 Å². The molecule has 1 aromatic carbocycles. The van der Waals surface area contributed by atoms with Crippen LogP contribution < -0.4 is 10.1 Å². The van der Waals surface area contributed by atoms with Crippen LogP contribution >= 0.6 is 12.4 Å². The summed E-state index contributed by atoms with van der Waals surface area (Å²) in [4.78, 5) is 14.1. The fraction of sp³-hybridized carbons (Fsp3) is 0.650. The second-order valence-electron chi connectivity index (χ2n) is 6.61. The highest BCUT2D eigenvalue weighted by molar-refractivity contribution is 5.85. The smallest absolute Gasteiger partial charge is 0.236 e. The summed E-state index contributed by atoms with van der Waals surface area (Å²) in [6.45, 7) is 6.26. The molecule has 0 atom stereocenters. The molecule has 1 aromatic rings. The maximum Gasteiger partial charge on any atom is 0.236 e. The molecule has 0 bridgehead atoms. The first kappa shape index (κ1) is 22.7. The van der Waals surface area contributed by atoms with Gasteiger partial charge in [-0.25, -0.2) is 0 Å². The Hall–Kier alpha value is -1.30. The van der Waals surface area contributed by atoms with Crippen LogP contribution in [0.25, 0.3) is 0 Å². The number of halogens is 1. The van der Waals surface area contributed by atoms with Crippen LogP contribution in [0.3, 0.4) is 0 Å². The zero-order chi connectivity index (χ0) is 17.9. The third-order valence-corrected chi connectivity index (χ3v) is 4.80. The van der Waals surface area contributed by atoms with E-state index in [0.717, 1.165) is 50.6 Å². The number of methoxy groups -OCH3 is 1. The van der Waals surface area contributed by atoms with Gasteiger partial charge in [-0.15, -0.1) is 12.4 Å². The van der Waals surface area contributed by atoms with Crippen molar-refractivity contribution in [3.63, 3.8) is 0 Å². The number of carbonyl (C=O) groups is 1. The molecular weight excluding hydrogens is 352 g/mol. The van der Waals surface area contributed by atoms with Crippen molar-refractivity contribution >= 4 is 18.3 Å². The topological polar surface area (TPSA) is 50.8 Å². The molecule has 148 valence electrons. The fourth-order valence-electron chi connectivity index (χ4n) is 3.24. The highest BCUT2D eigenvalue weighted by Crippen LogP contribution is 2.23. The van der Waals surface area contributed by atoms with E-state index < -0.39 is 0 Å². The van der Waals surface area contributed by atoms with Crippen molar-refractivity contribution in [2.24, 2.45) is 5.92 Å². The Morgan fingerprint density at radius 2 is 1.92 bits per heavy atom. The number of nitrogens with one attached hydrogen (secondary N) is 1. The second kappa shape index (κ2) is 13.0. The van der Waals surface area contributed by atoms with Gasteiger partial charge in [0.2, 0.25) is 5.91 Å². The minimum atomic E-state index is 0. The molecule has 0 unspecified atom stereocenters. The number of carbonyl (C=O) groups excluding carboxylic acids is 1. The van der Waals surface area contributed by atoms with Crippen molar-refractivity contribution in [1.82, 2.24) is 10.2 Å². The molecule has 2 rings (SSSR count). The van der Waals surface area contributed by atoms with Crippen LogP contribution in [0, 0.1) is 5.92 Å². The van der Waals surface area contributed by atoms with E-state index in [1.54, 1.807) is 7.11 Å². The van der Waals surface area contributed by atoms with E-state index in [9.17, 15) is 4.79 Å². The Morgan fingerprint density at radius 3 is 2.54 bits per heavy atom. The summed E-state index contributed by atoms with van der Waals surface area (Å²) in [7, 11) is 1.67. The van der Waals surface area contributed by atoms with Gasteiger partial charge in [-0.3, -0.25) is 4.79 Å². The normalized spacial score (nSPS) is 14.8. The summed E-state index contributed by atoms with van der Waals surface area (Å²) in [5.41, 5.74) is 1.37. The van der Waals surface area contributed by atoms with Crippen molar-refractivity contribution in [3.05, 3.63) is 29.8 Å². The summed E-state index contributed by atoms with van der Waals surface area (Å²) < 4.78 is 10.5. The lowest BCUT2D eigenvalue weighted by Crippen LogP contribution is -2.43. The van der Waals surface area contributed by atoms with Crippen molar-refractivity contribution in [1.29, 1.82) is 0 Å². The van der Waals surface area contributed by atoms with Gasteiger partial charge in [0, 0.05) is 26.7 Å². The molecule has 26 heavy (non-hydrogen) atoms. The predicted molar refractivity (Wildman–Crippen MR) is 107 cm³/mol. The molecule has 0 spiro atoms. The van der Waals surface area contributed by atoms with Gasteiger partial charge in [0.15, 0.2) is 0 Å². The molecule has 1 amide bonds. The van der Waals surface area contributed by atoms with Crippen LogP contribution in [0.4, 0.5) is 0 Å². The van der Waals surface area contributed by atoms with Crippen LogP contribution in [0.1, 0.15) is 31.7 Å². The monoisotopic (exact) mass is 384 g/mol. The molecular formula is C20H33ClN2O3. The number of hydrogen-bond acceptors (Lipinski definition) is 4. The Labute approximate surface area is 163 Å². The number of likely N-dealkylation sites (tertiary alicyclic amines) is 1. The number of nitrogens with zero attached hydrogens (tertiary/aromatic N) is 1. The Kier molecular flexibility index (Phi) is 11.3. The molecule has 0 aliphatic carbocycles. The lowest BCUT2D eigenvalue weighted by molar-refractivity contribution is -0.131. The lowest BCUT2D eigenvalue weighted by Gasteiger charge is -2.32. The molecule has 1 N–H and O–H groups in total. The first-order chi connectivity index (χ1) is 12.2. The van der Waals surface area contributed by atoms with E-state index in [4.69, 9.17) is 9.47 Å². The molecule has 0 saturated carbocycles. The van der Waals surface area contributed by atoms with Crippen LogP contribution in [-0.2, 0) is 16.0 Å². The zero-order valence-corrected chi connectivity index (χ0v) is 16.9. The van der Waals surface area contributed by atoms with Gasteiger partial charge < -0.3 is 19.7 Å². The van der Waals surface area contributed by atoms with Crippen LogP contribution in [0.15, 0.2) is 24.3 Å². The second-order valence-corrected chi connectivity index (χ2v) is 6.61. The van der Waals surface area contributed by atoms with Crippen LogP contribution in [-0.4, -0.2) is 57.3 Å². The highest BCUT2D eigenvalue weighted by Gasteiger charge is 2.22. The molecule has 0 radical (unpaired) electrons. The molecule has 1 fully saturated rings. The Morgan fingerprint density at radius 1 is 1.23 bits per heavy atom. The SMILES string of the molecule is CCOc1ccc(CCC2CCN(C(=O)CNCCOC)CC2)cc1.Cl. The van der Waals surface area contributed by atoms with E-state index in [1.165, 1.54) is 12.0 Å². The number of hydrogen-bond donors (Lipinski definition) is 1. The van der Waals surface area contributed by atoms with Gasteiger partial charge in [0.25, 0.3) is 0 Å². The van der Waals surface area contributed by atoms with E-state index in [-0.39, 0.29) is 18.3 Å². The summed E-state index contributed by atoms with van der Waals surface area (Å²) in [6, 6.07) is 8.43. The summed E-state index contributed by atoms with van der Waals surface area (Å²) in [5, 5.41) is 3.13. The number of rotatable bonds is 10. The van der Waals surface area contributed by atoms with Gasteiger partial charge in [-0.2, -0.15) is 0 Å². The molecule has 1 heterocycles. The van der Waals surface area contributed by atoms with Gasteiger partial charge in [-0.1, -0.05) is 12.1 Å². The fourth-order valence-corrected chi connectivity index (χ4v) is 3.24. The number of piperidine rings is 1. The van der Waals surface area contributed by atoms with E-state index in [2.05, 4.69) is 29.6 Å². The average Bonchev–Trinajstić information content (AvgIpc) is 2.65. The predicted octanol–water partition coefficient (Wildman–Crippen LogP) is 2.91. The molecule has 0 aromatic heterocycles. The Bertz CT molecular complexity index is 502. The third kappa shape index (κ3) is 7.94. The number of amides is 1. The minimum Gasteiger partial charge on any atom is -0.494 e. The number of benzene rings is 1. The summed E-state index contributed by atoms with van der Waals surface area (Å²) >= 11 is 0. The zero-order valence-electron chi connectivity index (χ0n) is 16.0. The quantitative estimate of drug-likeness (QED) is 0.630. The van der Waals surface area contributed by atoms with E-state index in [0.29, 0.717) is 19.8 Å². The highest BCUT2D eigenvalue weighted by atomic mass is 35.5. The molecule has 5 nitrogen and oxygen atoms in total. The first-order valence-corrected chi connectivity index (χ1v) is 9.42. The maximum atomic E-state index is 12.1. The molecule has 1 aliphatic rings. The summed E-state index contributed by atoms with van der Waals surface area (Å²) in [5.74, 6) is 1.87. The van der Waals surface area contributed by atoms with Gasteiger partial charge in [-0.05, 0) is 56.2 Å². The summed E-state index contributed by atoms with van der Waals surface area (Å²) in [6.07, 6.45) is 4.52. The van der Waals surface area contributed by atoms with Crippen LogP contribution in [0.5, 0.6) is 5.75 Å². The van der Waals surface area contributed by atoms with Crippen LogP contribution in [0.2, 0.25) is 0 Å². The largest absolute Gasteiger partial charge is 0.494 e. The van der Waals surface area contributed by atoms with Gasteiger partial charge >= 0.3 is 0 Å². The number of ether oxygens (including phenoxy) is 2. The lowest BCUT2D eigenvalue weighted by atomic mass is 9.90. The standard InChI is InChI=1S/C20H32N2O3.ClH/c1-3-25-19-8-6-17(7-9-19)4-5-18-10-13-22(14-11-18)20(23)16-21-12-15-24-2;/h6-9,18,21H,3-5,10-16H2,1-2H3;1H. The minimum absolute atomic E-state index is 0. The van der Waals surface area contributed by atoms with Gasteiger partial charge in [0.05, 0.1) is 19.8 Å². The van der Waals surface area contributed by atoms with Crippen molar-refractivity contribution in [2.75, 3.05) is 46.5 Å². The van der Waals surface area contributed by atoms with E-state index in [1.807, 2.05) is 11.8 Å². The van der Waals surface area contributed by atoms with Crippen molar-refractivity contribution in [2.45, 2.75) is 32.6 Å². The molecule has 1 aliphatic heterocycles. The Balaban J connectivity index is 0.00000338. The molecule has 6 heteroatoms. The third-order valence-electron chi connectivity index (χ3n) is 4.80. The van der Waals surface area contributed by atoms with Gasteiger partial charge in [0.1, 0.15) is 5.75 Å². The van der Waals surface area contributed by atoms with E-state index >= 15 is 0 Å². The maximum absolute atomic E-state index is 12.1. The average molecular weight is 385 g/mol. The first-order valence-electron chi connectivity index (χ1n) is 9.42. The molecule has 1 saturated heterocycles. The van der Waals surface area contributed by atoms with Crippen molar-refractivity contribution in [3.8, 4) is 5.75 Å². The number of aryl methyl sites for hydroxylation is 1.